The monoisotopic (exact) mass is 261 g/mol. The third kappa shape index (κ3) is 3.26. The highest BCUT2D eigenvalue weighted by Gasteiger charge is 2.27. The fourth-order valence-corrected chi connectivity index (χ4v) is 2.03. The second-order valence-electron chi connectivity index (χ2n) is 5.02. The molecule has 0 atom stereocenters. The summed E-state index contributed by atoms with van der Waals surface area (Å²) in [6.07, 6.45) is 0.359. The molecule has 0 bridgehead atoms. The van der Waals surface area contributed by atoms with Crippen molar-refractivity contribution < 1.29 is 14.6 Å². The molecule has 0 saturated carbocycles. The number of hydrogen-bond acceptors (Lipinski definition) is 4. The average Bonchev–Trinajstić information content (AvgIpc) is 2.62. The summed E-state index contributed by atoms with van der Waals surface area (Å²) in [6, 6.07) is 3.81. The summed E-state index contributed by atoms with van der Waals surface area (Å²) in [6.45, 7) is 3.61. The number of methoxy groups -OCH3 is 1. The van der Waals surface area contributed by atoms with E-state index in [1.54, 1.807) is 13.8 Å². The average molecular weight is 261 g/mol. The van der Waals surface area contributed by atoms with E-state index in [0.717, 1.165) is 0 Å². The fourth-order valence-electron chi connectivity index (χ4n) is 2.03. The van der Waals surface area contributed by atoms with Crippen LogP contribution in [0.25, 0.3) is 0 Å². The predicted molar refractivity (Wildman–Crippen MR) is 66.5 cm³/mol. The van der Waals surface area contributed by atoms with Crippen LogP contribution in [-0.4, -0.2) is 23.2 Å². The lowest BCUT2D eigenvalue weighted by Gasteiger charge is -2.22. The van der Waals surface area contributed by atoms with Gasteiger partial charge in [0.15, 0.2) is 5.75 Å². The van der Waals surface area contributed by atoms with Gasteiger partial charge in [-0.2, -0.15) is 10.5 Å². The Bertz CT molecular complexity index is 573. The van der Waals surface area contributed by atoms with Crippen LogP contribution in [0.3, 0.4) is 0 Å². The van der Waals surface area contributed by atoms with Gasteiger partial charge in [0.25, 0.3) is 0 Å². The molecule has 0 aliphatic carbocycles. The zero-order valence-corrected chi connectivity index (χ0v) is 11.1. The van der Waals surface area contributed by atoms with E-state index in [-0.39, 0.29) is 17.7 Å². The number of H-pyrrole nitrogens is 1. The molecular weight excluding hydrogens is 246 g/mol. The Morgan fingerprint density at radius 2 is 2.05 bits per heavy atom. The number of ether oxygens (including phenoxy) is 1. The highest BCUT2D eigenvalue weighted by molar-refractivity contribution is 5.67. The Morgan fingerprint density at radius 1 is 1.42 bits per heavy atom. The number of carboxylic acid groups (broad SMARTS) is 1. The first-order chi connectivity index (χ1) is 8.84. The van der Waals surface area contributed by atoms with Crippen LogP contribution >= 0.6 is 0 Å². The van der Waals surface area contributed by atoms with Gasteiger partial charge in [-0.15, -0.1) is 0 Å². The van der Waals surface area contributed by atoms with Crippen LogP contribution in [0.5, 0.6) is 5.75 Å². The van der Waals surface area contributed by atoms with Crippen molar-refractivity contribution in [2.24, 2.45) is 5.41 Å². The predicted octanol–water partition coefficient (Wildman–Crippen LogP) is 1.81. The highest BCUT2D eigenvalue weighted by Crippen LogP contribution is 2.33. The number of nitrogens with one attached hydrogen (secondary N) is 1. The summed E-state index contributed by atoms with van der Waals surface area (Å²) in [4.78, 5) is 13.6. The molecule has 0 amide bonds. The molecule has 6 nitrogen and oxygen atoms in total. The van der Waals surface area contributed by atoms with Gasteiger partial charge in [-0.25, -0.2) is 0 Å². The summed E-state index contributed by atoms with van der Waals surface area (Å²) in [7, 11) is 1.42. The van der Waals surface area contributed by atoms with Crippen LogP contribution in [-0.2, 0) is 11.2 Å². The van der Waals surface area contributed by atoms with Crippen LogP contribution in [0.2, 0.25) is 0 Å². The third-order valence-corrected chi connectivity index (χ3v) is 2.74. The molecule has 6 heteroatoms. The number of aliphatic carboxylic acids is 1. The van der Waals surface area contributed by atoms with Crippen molar-refractivity contribution in [1.82, 2.24) is 4.98 Å². The minimum atomic E-state index is -0.892. The molecule has 1 rings (SSSR count). The lowest BCUT2D eigenvalue weighted by Crippen LogP contribution is -2.20. The zero-order valence-electron chi connectivity index (χ0n) is 11.1. The molecule has 0 radical (unpaired) electrons. The van der Waals surface area contributed by atoms with E-state index in [4.69, 9.17) is 20.4 Å². The summed E-state index contributed by atoms with van der Waals surface area (Å²) >= 11 is 0. The van der Waals surface area contributed by atoms with E-state index in [0.29, 0.717) is 17.9 Å². The van der Waals surface area contributed by atoms with Gasteiger partial charge in [-0.3, -0.25) is 4.79 Å². The van der Waals surface area contributed by atoms with Crippen molar-refractivity contribution in [1.29, 1.82) is 10.5 Å². The van der Waals surface area contributed by atoms with Crippen molar-refractivity contribution in [3.63, 3.8) is 0 Å². The van der Waals surface area contributed by atoms with Gasteiger partial charge >= 0.3 is 5.97 Å². The first kappa shape index (κ1) is 14.6. The Kier molecular flexibility index (Phi) is 4.18. The van der Waals surface area contributed by atoms with Crippen molar-refractivity contribution >= 4 is 5.97 Å². The van der Waals surface area contributed by atoms with Crippen LogP contribution < -0.4 is 4.74 Å². The number of nitriles is 2. The Hall–Kier alpha value is -2.47. The molecule has 1 aromatic heterocycles. The molecule has 1 heterocycles. The SMILES string of the molecule is COc1c(CC(C)(C)CC(=O)O)[nH]c(C#N)c1C#N. The number of rotatable bonds is 5. The van der Waals surface area contributed by atoms with E-state index in [1.807, 2.05) is 12.1 Å². The van der Waals surface area contributed by atoms with Gasteiger partial charge in [0.1, 0.15) is 23.4 Å². The Labute approximate surface area is 111 Å². The minimum absolute atomic E-state index is 0.0149. The van der Waals surface area contributed by atoms with Gasteiger partial charge in [0.2, 0.25) is 0 Å². The molecule has 1 aromatic rings. The quantitative estimate of drug-likeness (QED) is 0.839. The lowest BCUT2D eigenvalue weighted by molar-refractivity contribution is -0.139. The van der Waals surface area contributed by atoms with Crippen LogP contribution in [0, 0.1) is 28.1 Å². The summed E-state index contributed by atoms with van der Waals surface area (Å²) in [5, 5.41) is 26.8. The topological polar surface area (TPSA) is 110 Å². The fraction of sp³-hybridized carbons (Fsp3) is 0.462. The Morgan fingerprint density at radius 3 is 2.47 bits per heavy atom. The molecule has 19 heavy (non-hydrogen) atoms. The molecule has 100 valence electrons. The largest absolute Gasteiger partial charge is 0.493 e. The van der Waals surface area contributed by atoms with Gasteiger partial charge in [-0.1, -0.05) is 13.8 Å². The van der Waals surface area contributed by atoms with Crippen molar-refractivity contribution in [3.05, 3.63) is 17.0 Å². The molecular formula is C13H15N3O3. The number of nitrogens with zero attached hydrogens (tertiary/aromatic N) is 2. The molecule has 0 aromatic carbocycles. The van der Waals surface area contributed by atoms with E-state index in [2.05, 4.69) is 4.98 Å². The standard InChI is InChI=1S/C13H15N3O3/c1-13(2,5-11(17)18)4-9-12(19-3)8(6-14)10(7-15)16-9/h16H,4-5H2,1-3H3,(H,17,18). The minimum Gasteiger partial charge on any atom is -0.493 e. The van der Waals surface area contributed by atoms with Gasteiger partial charge in [-0.05, 0) is 11.8 Å². The molecule has 2 N–H and O–H groups in total. The second-order valence-corrected chi connectivity index (χ2v) is 5.02. The molecule has 0 aliphatic rings. The molecule has 0 fully saturated rings. The van der Waals surface area contributed by atoms with E-state index in [9.17, 15) is 4.79 Å². The van der Waals surface area contributed by atoms with Gasteiger partial charge in [0, 0.05) is 0 Å². The maximum Gasteiger partial charge on any atom is 0.303 e. The first-order valence-corrected chi connectivity index (χ1v) is 5.65. The van der Waals surface area contributed by atoms with E-state index < -0.39 is 11.4 Å². The highest BCUT2D eigenvalue weighted by atomic mass is 16.5. The van der Waals surface area contributed by atoms with Crippen LogP contribution in [0.4, 0.5) is 0 Å². The third-order valence-electron chi connectivity index (χ3n) is 2.74. The van der Waals surface area contributed by atoms with Crippen molar-refractivity contribution in [2.75, 3.05) is 7.11 Å². The number of aromatic amines is 1. The van der Waals surface area contributed by atoms with Crippen molar-refractivity contribution in [2.45, 2.75) is 26.7 Å². The maximum atomic E-state index is 10.8. The van der Waals surface area contributed by atoms with E-state index >= 15 is 0 Å². The van der Waals surface area contributed by atoms with Crippen LogP contribution in [0.1, 0.15) is 37.2 Å². The summed E-state index contributed by atoms with van der Waals surface area (Å²) < 4.78 is 5.15. The van der Waals surface area contributed by atoms with Crippen molar-refractivity contribution in [3.8, 4) is 17.9 Å². The Balaban J connectivity index is 3.16. The molecule has 0 unspecified atom stereocenters. The summed E-state index contributed by atoms with van der Waals surface area (Å²) in [5.74, 6) is -0.575. The first-order valence-electron chi connectivity index (χ1n) is 5.65. The lowest BCUT2D eigenvalue weighted by atomic mass is 9.84. The smallest absolute Gasteiger partial charge is 0.303 e. The number of aromatic nitrogens is 1. The van der Waals surface area contributed by atoms with Crippen LogP contribution in [0.15, 0.2) is 0 Å². The molecule has 0 spiro atoms. The van der Waals surface area contributed by atoms with Gasteiger partial charge in [0.05, 0.1) is 19.2 Å². The number of carbonyl (C=O) groups is 1. The molecule has 0 saturated heterocycles. The summed E-state index contributed by atoms with van der Waals surface area (Å²) in [5.41, 5.74) is 0.358. The second kappa shape index (κ2) is 5.45. The maximum absolute atomic E-state index is 10.8. The number of carboxylic acids is 1. The normalized spacial score (nSPS) is 10.6. The van der Waals surface area contributed by atoms with Gasteiger partial charge < -0.3 is 14.8 Å². The van der Waals surface area contributed by atoms with E-state index in [1.165, 1.54) is 7.11 Å². The molecule has 0 aliphatic heterocycles. The number of hydrogen-bond donors (Lipinski definition) is 2. The zero-order chi connectivity index (χ0) is 14.6.